The van der Waals surface area contributed by atoms with Crippen LogP contribution in [0.15, 0.2) is 28.4 Å². The molecule has 4 rings (SSSR count). The quantitative estimate of drug-likeness (QED) is 0.555. The van der Waals surface area contributed by atoms with E-state index in [4.69, 9.17) is 11.5 Å². The third-order valence-electron chi connectivity index (χ3n) is 7.82. The lowest BCUT2D eigenvalue weighted by molar-refractivity contribution is -0.0534. The summed E-state index contributed by atoms with van der Waals surface area (Å²) in [4.78, 5) is 21.6. The molecule has 8 heteroatoms. The van der Waals surface area contributed by atoms with Crippen LogP contribution in [0, 0.1) is 15.2 Å². The number of hydrogen-bond donors (Lipinski definition) is 3. The van der Waals surface area contributed by atoms with Gasteiger partial charge >= 0.3 is 6.98 Å². The Morgan fingerprint density at radius 2 is 1.88 bits per heavy atom. The molecule has 0 amide bonds. The van der Waals surface area contributed by atoms with Crippen LogP contribution in [0.4, 0.5) is 0 Å². The number of aliphatic hydroxyl groups is 1. The molecule has 26 heavy (non-hydrogen) atoms. The van der Waals surface area contributed by atoms with Gasteiger partial charge in [-0.3, -0.25) is 0 Å². The molecule has 3 unspecified atom stereocenters. The smallest absolute Gasteiger partial charge is 0.392 e. The summed E-state index contributed by atoms with van der Waals surface area (Å²) in [5, 5.41) is 16.2. The van der Waals surface area contributed by atoms with Crippen molar-refractivity contribution in [2.24, 2.45) is 27.1 Å². The van der Waals surface area contributed by atoms with E-state index in [-0.39, 0.29) is 11.3 Å². The number of nitrogens with two attached hydrogens (primary N) is 2. The van der Waals surface area contributed by atoms with Crippen LogP contribution in [0.2, 0.25) is 0 Å². The summed E-state index contributed by atoms with van der Waals surface area (Å²) in [5.74, 6) is 0.107. The van der Waals surface area contributed by atoms with Gasteiger partial charge in [-0.1, -0.05) is 35.3 Å². The van der Waals surface area contributed by atoms with Crippen LogP contribution in [-0.4, -0.2) is 29.3 Å². The molecule has 2 saturated carbocycles. The molecule has 5 N–H and O–H groups in total. The summed E-state index contributed by atoms with van der Waals surface area (Å²) < 4.78 is 0. The highest BCUT2D eigenvalue weighted by Gasteiger charge is 2.68. The number of nitrogens with zero attached hydrogens (tertiary/aromatic N) is 2. The van der Waals surface area contributed by atoms with Gasteiger partial charge in [0.15, 0.2) is 0 Å². The topological polar surface area (TPSA) is 131 Å². The molecule has 1 aromatic rings. The largest absolute Gasteiger partial charge is 0.548 e. The Kier molecular flexibility index (Phi) is 3.88. The summed E-state index contributed by atoms with van der Waals surface area (Å²) in [7, 11) is 0. The van der Waals surface area contributed by atoms with Gasteiger partial charge in [0.05, 0.1) is 6.10 Å². The third-order valence-corrected chi connectivity index (χ3v) is 7.82. The van der Waals surface area contributed by atoms with Crippen molar-refractivity contribution in [2.75, 3.05) is 0 Å². The van der Waals surface area contributed by atoms with E-state index in [1.807, 2.05) is 12.1 Å². The van der Waals surface area contributed by atoms with Gasteiger partial charge in [-0.2, -0.15) is 9.81 Å². The van der Waals surface area contributed by atoms with E-state index >= 15 is 0 Å². The number of hydrogen-bond acceptors (Lipinski definition) is 7. The van der Waals surface area contributed by atoms with Gasteiger partial charge in [-0.25, -0.2) is 0 Å². The highest BCUT2D eigenvalue weighted by molar-refractivity contribution is 6.69. The van der Waals surface area contributed by atoms with E-state index in [0.29, 0.717) is 11.9 Å². The molecule has 0 saturated heterocycles. The molecular weight excluding hydrogens is 331 g/mol. The van der Waals surface area contributed by atoms with Crippen molar-refractivity contribution in [3.8, 4) is 0 Å². The summed E-state index contributed by atoms with van der Waals surface area (Å²) in [5.41, 5.74) is 15.2. The van der Waals surface area contributed by atoms with Crippen molar-refractivity contribution in [3.63, 3.8) is 0 Å². The van der Waals surface area contributed by atoms with Gasteiger partial charge in [-0.05, 0) is 55.1 Å². The lowest BCUT2D eigenvalue weighted by Crippen LogP contribution is -2.77. The first-order chi connectivity index (χ1) is 12.3. The first kappa shape index (κ1) is 17.8. The normalized spacial score (nSPS) is 40.9. The Morgan fingerprint density at radius 1 is 1.15 bits per heavy atom. The van der Waals surface area contributed by atoms with Crippen LogP contribution in [0.5, 0.6) is 0 Å². The number of benzene rings is 1. The minimum absolute atomic E-state index is 0.107. The molecule has 0 heterocycles. The maximum atomic E-state index is 10.8. The Bertz CT molecular complexity index is 769. The SMILES string of the molecule is CC12CC[C@@H]3c4ccc(B(N=O)N=O)cc4CCC3(N)[C@]1(N)CCC2O. The van der Waals surface area contributed by atoms with E-state index < -0.39 is 24.2 Å². The number of aryl methyl sites for hydroxylation is 1. The molecular formula is C18H25BN4O3. The van der Waals surface area contributed by atoms with Crippen LogP contribution in [0.25, 0.3) is 0 Å². The van der Waals surface area contributed by atoms with E-state index in [2.05, 4.69) is 17.1 Å². The lowest BCUT2D eigenvalue weighted by atomic mass is 9.47. The fourth-order valence-electron chi connectivity index (χ4n) is 6.09. The highest BCUT2D eigenvalue weighted by Crippen LogP contribution is 2.62. The van der Waals surface area contributed by atoms with Crippen molar-refractivity contribution < 1.29 is 5.11 Å². The van der Waals surface area contributed by atoms with Gasteiger partial charge in [-0.15, -0.1) is 0 Å². The second kappa shape index (κ2) is 5.68. The van der Waals surface area contributed by atoms with Gasteiger partial charge in [0.2, 0.25) is 0 Å². The third kappa shape index (κ3) is 2.00. The standard InChI is InChI=1S/C18H25BN4O3/c1-16-7-5-14-13-3-2-12(19(22-25)23-26)10-11(13)4-8-17(14,20)18(16,21)9-6-15(16)24/h2-3,10,14-15,24H,4-9,20-21H2,1H3/t14-,15?,16?,17?,18+/m1/s1. The average molecular weight is 356 g/mol. The minimum Gasteiger partial charge on any atom is -0.392 e. The second-order valence-electron chi connectivity index (χ2n) is 8.62. The Morgan fingerprint density at radius 3 is 2.58 bits per heavy atom. The van der Waals surface area contributed by atoms with E-state index in [0.717, 1.165) is 43.2 Å². The maximum absolute atomic E-state index is 10.8. The monoisotopic (exact) mass is 356 g/mol. The highest BCUT2D eigenvalue weighted by atomic mass is 16.3. The zero-order chi connectivity index (χ0) is 18.7. The molecule has 0 spiro atoms. The van der Waals surface area contributed by atoms with Crippen molar-refractivity contribution in [1.82, 2.24) is 0 Å². The first-order valence-electron chi connectivity index (χ1n) is 9.34. The van der Waals surface area contributed by atoms with Crippen molar-refractivity contribution in [3.05, 3.63) is 39.1 Å². The fourth-order valence-corrected chi connectivity index (χ4v) is 6.09. The first-order valence-corrected chi connectivity index (χ1v) is 9.34. The molecule has 0 bridgehead atoms. The molecule has 0 aromatic heterocycles. The maximum Gasteiger partial charge on any atom is 0.548 e. The Balaban J connectivity index is 1.76. The summed E-state index contributed by atoms with van der Waals surface area (Å²) >= 11 is 0. The molecule has 2 fully saturated rings. The van der Waals surface area contributed by atoms with Crippen LogP contribution in [0.1, 0.15) is 56.1 Å². The van der Waals surface area contributed by atoms with Gasteiger partial charge < -0.3 is 16.6 Å². The fraction of sp³-hybridized carbons (Fsp3) is 0.667. The Labute approximate surface area is 153 Å². The van der Waals surface area contributed by atoms with Gasteiger partial charge in [0.1, 0.15) is 0 Å². The van der Waals surface area contributed by atoms with E-state index in [1.54, 1.807) is 6.07 Å². The van der Waals surface area contributed by atoms with Crippen molar-refractivity contribution in [1.29, 1.82) is 0 Å². The average Bonchev–Trinajstić information content (AvgIpc) is 2.88. The molecule has 1 aromatic carbocycles. The van der Waals surface area contributed by atoms with Crippen LogP contribution in [0.3, 0.4) is 0 Å². The molecule has 7 nitrogen and oxygen atoms in total. The number of fused-ring (bicyclic) bond motifs is 5. The number of aliphatic hydroxyl groups excluding tert-OH is 1. The molecule has 0 aliphatic heterocycles. The van der Waals surface area contributed by atoms with E-state index in [9.17, 15) is 14.9 Å². The summed E-state index contributed by atoms with van der Waals surface area (Å²) in [6.45, 7) is 0.884. The second-order valence-corrected chi connectivity index (χ2v) is 8.62. The lowest BCUT2D eigenvalue weighted by Gasteiger charge is -2.62. The molecule has 0 radical (unpaired) electrons. The predicted molar refractivity (Wildman–Crippen MR) is 101 cm³/mol. The predicted octanol–water partition coefficient (Wildman–Crippen LogP) is 1.29. The molecule has 3 aliphatic carbocycles. The van der Waals surface area contributed by atoms with Gasteiger partial charge in [0.25, 0.3) is 0 Å². The van der Waals surface area contributed by atoms with Crippen LogP contribution >= 0.6 is 0 Å². The minimum atomic E-state index is -1.20. The zero-order valence-electron chi connectivity index (χ0n) is 15.0. The van der Waals surface area contributed by atoms with Gasteiger partial charge in [0, 0.05) is 22.4 Å². The van der Waals surface area contributed by atoms with Crippen LogP contribution < -0.4 is 16.9 Å². The summed E-state index contributed by atoms with van der Waals surface area (Å²) in [6, 6.07) is 5.57. The number of nitroso groups, excluding NO2 is 2. The zero-order valence-corrected chi connectivity index (χ0v) is 15.0. The van der Waals surface area contributed by atoms with E-state index in [1.165, 1.54) is 0 Å². The van der Waals surface area contributed by atoms with Crippen molar-refractivity contribution >= 4 is 12.4 Å². The molecule has 5 atom stereocenters. The molecule has 138 valence electrons. The van der Waals surface area contributed by atoms with Crippen LogP contribution in [-0.2, 0) is 6.42 Å². The number of rotatable bonds is 3. The summed E-state index contributed by atoms with van der Waals surface area (Å²) in [6.07, 6.45) is 4.18. The van der Waals surface area contributed by atoms with Crippen molar-refractivity contribution in [2.45, 2.75) is 68.5 Å². The molecule has 3 aliphatic rings. The Hall–Kier alpha value is -1.64.